The molecule has 207 valence electrons. The average Bonchev–Trinajstić information content (AvgIpc) is 3.60. The van der Waals surface area contributed by atoms with Gasteiger partial charge in [0.1, 0.15) is 0 Å². The second-order valence-corrected chi connectivity index (χ2v) is 10.0. The van der Waals surface area contributed by atoms with Gasteiger partial charge in [0.2, 0.25) is 0 Å². The van der Waals surface area contributed by atoms with Crippen LogP contribution in [0.5, 0.6) is 0 Å². The zero-order valence-corrected chi connectivity index (χ0v) is 25.3. The van der Waals surface area contributed by atoms with Gasteiger partial charge in [-0.25, -0.2) is 0 Å². The molecule has 5 heterocycles. The number of aryl methyl sites for hydroxylation is 4. The second kappa shape index (κ2) is 11.6. The summed E-state index contributed by atoms with van der Waals surface area (Å²) in [5.41, 5.74) is 14.9. The van der Waals surface area contributed by atoms with Crippen LogP contribution in [-0.2, 0) is 36.3 Å². The third-order valence-electron chi connectivity index (χ3n) is 8.10. The molecule has 39 heavy (non-hydrogen) atoms. The molecule has 7 heteroatoms. The maximum absolute atomic E-state index is 5.12. The van der Waals surface area contributed by atoms with E-state index < -0.39 is 0 Å². The van der Waals surface area contributed by atoms with Gasteiger partial charge in [-0.1, -0.05) is 52.8 Å². The van der Waals surface area contributed by atoms with E-state index in [1.54, 1.807) is 0 Å². The van der Waals surface area contributed by atoms with Crippen LogP contribution in [0.25, 0.3) is 44.6 Å². The summed E-state index contributed by atoms with van der Waals surface area (Å²) in [5.74, 6) is 1.55. The van der Waals surface area contributed by atoms with E-state index in [1.165, 1.54) is 33.4 Å². The van der Waals surface area contributed by atoms with E-state index in [2.05, 4.69) is 67.5 Å². The van der Waals surface area contributed by atoms with Gasteiger partial charge < -0.3 is 19.9 Å². The molecular formula is C32H38CuN6. The van der Waals surface area contributed by atoms with Gasteiger partial charge >= 0.3 is 17.1 Å². The molecule has 0 amide bonds. The van der Waals surface area contributed by atoms with Crippen LogP contribution in [0, 0.1) is 6.92 Å². The summed E-state index contributed by atoms with van der Waals surface area (Å²) in [5, 5.41) is 0. The summed E-state index contributed by atoms with van der Waals surface area (Å²) < 4.78 is 0. The van der Waals surface area contributed by atoms with Crippen LogP contribution < -0.4 is 9.97 Å². The molecule has 0 N–H and O–H groups in total. The Morgan fingerprint density at radius 2 is 1.05 bits per heavy atom. The first kappa shape index (κ1) is 29.0. The van der Waals surface area contributed by atoms with Gasteiger partial charge in [-0.15, -0.1) is 0 Å². The molecule has 2 aliphatic heterocycles. The standard InChI is InChI=1S/C32H38N6.Cu/c1-9-19-17(7)25-15-27-21(11-3)23(13-5)31(35-27)38-32-24(14-6)22(12-4)28(36-32)16-26-18(8)20(10-2)30(34-26)37-29(19)33-25;/h15-16H,9-14H2,1-8H3;/q-2;+2. The third kappa shape index (κ3) is 4.81. The SMILES string of the molecule is CCC1=C(CC)c2nc1cc1[n-]c(nc3nc(cc4[n-]c(n2)c(CC)c4CC)C(C)=C3CC)c(CC)c1C.[Cu+2]. The largest absolute Gasteiger partial charge is 2.00 e. The fourth-order valence-electron chi connectivity index (χ4n) is 5.98. The summed E-state index contributed by atoms with van der Waals surface area (Å²) in [6, 6.07) is 4.25. The van der Waals surface area contributed by atoms with Crippen molar-refractivity contribution in [1.82, 2.24) is 29.9 Å². The molecule has 0 aliphatic carbocycles. The van der Waals surface area contributed by atoms with E-state index >= 15 is 0 Å². The maximum atomic E-state index is 5.12. The molecule has 0 atom stereocenters. The molecule has 0 unspecified atom stereocenters. The van der Waals surface area contributed by atoms with Crippen LogP contribution in [0.2, 0.25) is 0 Å². The molecule has 0 fully saturated rings. The van der Waals surface area contributed by atoms with Gasteiger partial charge in [0, 0.05) is 0 Å². The van der Waals surface area contributed by atoms with Gasteiger partial charge in [-0.05, 0) is 120 Å². The first-order valence-electron chi connectivity index (χ1n) is 14.2. The first-order valence-corrected chi connectivity index (χ1v) is 14.2. The van der Waals surface area contributed by atoms with Crippen LogP contribution in [0.3, 0.4) is 0 Å². The average molecular weight is 570 g/mol. The van der Waals surface area contributed by atoms with E-state index in [1.807, 2.05) is 0 Å². The number of aromatic nitrogens is 6. The molecule has 0 saturated carbocycles. The van der Waals surface area contributed by atoms with Crippen molar-refractivity contribution >= 4 is 44.6 Å². The Balaban J connectivity index is 0.00000353. The minimum absolute atomic E-state index is 0. The van der Waals surface area contributed by atoms with Crippen LogP contribution in [0.4, 0.5) is 0 Å². The van der Waals surface area contributed by atoms with Gasteiger partial charge in [-0.3, -0.25) is 9.97 Å². The van der Waals surface area contributed by atoms with E-state index in [0.29, 0.717) is 0 Å². The minimum Gasteiger partial charge on any atom is -0.436 e. The van der Waals surface area contributed by atoms with Gasteiger partial charge in [0.15, 0.2) is 0 Å². The molecule has 0 saturated heterocycles. The molecule has 1 radical (unpaired) electrons. The zero-order chi connectivity index (χ0) is 27.1. The van der Waals surface area contributed by atoms with Crippen LogP contribution in [0.1, 0.15) is 113 Å². The number of allylic oxidation sites excluding steroid dienone is 4. The Morgan fingerprint density at radius 1 is 0.538 bits per heavy atom. The summed E-state index contributed by atoms with van der Waals surface area (Å²) in [4.78, 5) is 30.4. The van der Waals surface area contributed by atoms with Crippen molar-refractivity contribution in [2.24, 2.45) is 0 Å². The Bertz CT molecular complexity index is 1650. The fraction of sp³-hybridized carbons (Fsp3) is 0.438. The van der Waals surface area contributed by atoms with Crippen molar-refractivity contribution in [3.8, 4) is 0 Å². The number of hydrogen-bond acceptors (Lipinski definition) is 4. The Morgan fingerprint density at radius 3 is 1.64 bits per heavy atom. The maximum Gasteiger partial charge on any atom is 2.00 e. The van der Waals surface area contributed by atoms with E-state index in [0.717, 1.165) is 95.0 Å². The number of fused-ring (bicyclic) bond motifs is 8. The van der Waals surface area contributed by atoms with Gasteiger partial charge in [0.25, 0.3) is 0 Å². The first-order chi connectivity index (χ1) is 18.4. The van der Waals surface area contributed by atoms with E-state index in [9.17, 15) is 0 Å². The predicted molar refractivity (Wildman–Crippen MR) is 158 cm³/mol. The predicted octanol–water partition coefficient (Wildman–Crippen LogP) is 7.43. The Labute approximate surface area is 242 Å². The van der Waals surface area contributed by atoms with Crippen molar-refractivity contribution in [1.29, 1.82) is 0 Å². The topological polar surface area (TPSA) is 79.8 Å². The molecule has 3 aromatic heterocycles. The summed E-state index contributed by atoms with van der Waals surface area (Å²) in [7, 11) is 0. The van der Waals surface area contributed by atoms with Crippen molar-refractivity contribution < 1.29 is 17.1 Å². The molecule has 5 rings (SSSR count). The normalized spacial score (nSPS) is 13.3. The van der Waals surface area contributed by atoms with Crippen molar-refractivity contribution in [2.75, 3.05) is 0 Å². The fourth-order valence-corrected chi connectivity index (χ4v) is 5.98. The molecular weight excluding hydrogens is 532 g/mol. The van der Waals surface area contributed by atoms with Crippen LogP contribution in [-0.4, -0.2) is 19.9 Å². The van der Waals surface area contributed by atoms with Crippen LogP contribution in [0.15, 0.2) is 12.1 Å². The van der Waals surface area contributed by atoms with Crippen molar-refractivity contribution in [2.45, 2.75) is 93.9 Å². The summed E-state index contributed by atoms with van der Waals surface area (Å²) in [6.07, 6.45) is 5.25. The molecule has 2 aliphatic rings. The number of rotatable bonds is 6. The Hall–Kier alpha value is -3.02. The monoisotopic (exact) mass is 569 g/mol. The van der Waals surface area contributed by atoms with E-state index in [4.69, 9.17) is 29.9 Å². The number of hydrogen-bond donors (Lipinski definition) is 0. The second-order valence-electron chi connectivity index (χ2n) is 10.0. The quantitative estimate of drug-likeness (QED) is 0.287. The van der Waals surface area contributed by atoms with E-state index in [-0.39, 0.29) is 17.1 Å². The van der Waals surface area contributed by atoms with Crippen LogP contribution >= 0.6 is 0 Å². The smallest absolute Gasteiger partial charge is 0.436 e. The minimum atomic E-state index is 0. The molecule has 8 bridgehead atoms. The zero-order valence-electron chi connectivity index (χ0n) is 24.4. The molecule has 6 nitrogen and oxygen atoms in total. The Kier molecular flexibility index (Phi) is 8.63. The molecule has 0 spiro atoms. The van der Waals surface area contributed by atoms with Crippen molar-refractivity contribution in [3.05, 3.63) is 57.4 Å². The van der Waals surface area contributed by atoms with Crippen molar-refractivity contribution in [3.63, 3.8) is 0 Å². The summed E-state index contributed by atoms with van der Waals surface area (Å²) in [6.45, 7) is 17.4. The summed E-state index contributed by atoms with van der Waals surface area (Å²) >= 11 is 0. The number of nitrogens with zero attached hydrogens (tertiary/aromatic N) is 6. The molecule has 3 aromatic rings. The third-order valence-corrected chi connectivity index (χ3v) is 8.10. The molecule has 0 aromatic carbocycles. The van der Waals surface area contributed by atoms with Gasteiger partial charge in [0.05, 0.1) is 23.0 Å². The van der Waals surface area contributed by atoms with Gasteiger partial charge in [-0.2, -0.15) is 0 Å².